The maximum absolute atomic E-state index is 11.2. The quantitative estimate of drug-likeness (QED) is 0.616. The number of benzene rings is 1. The van der Waals surface area contributed by atoms with E-state index in [0.717, 1.165) is 17.7 Å². The van der Waals surface area contributed by atoms with Crippen LogP contribution in [0, 0.1) is 5.41 Å². The van der Waals surface area contributed by atoms with Gasteiger partial charge >= 0.3 is 0 Å². The maximum Gasteiger partial charge on any atom is 0.269 e. The Kier molecular flexibility index (Phi) is 1.85. The molecular formula is C10H10N2O. The Morgan fingerprint density at radius 3 is 2.85 bits per heavy atom. The number of carbonyl (C=O) groups is 1. The number of anilines is 1. The maximum atomic E-state index is 11.2. The molecule has 0 radical (unpaired) electrons. The Morgan fingerprint density at radius 1 is 1.23 bits per heavy atom. The van der Waals surface area contributed by atoms with Crippen molar-refractivity contribution in [3.05, 3.63) is 29.8 Å². The van der Waals surface area contributed by atoms with Crippen molar-refractivity contribution >= 4 is 17.3 Å². The Hall–Kier alpha value is -1.64. The summed E-state index contributed by atoms with van der Waals surface area (Å²) in [5, 5.41) is 10.1. The fraction of sp³-hybridized carbons (Fsp3) is 0.200. The molecule has 0 aromatic heterocycles. The van der Waals surface area contributed by atoms with Crippen LogP contribution in [0.1, 0.15) is 12.0 Å². The third-order valence-electron chi connectivity index (χ3n) is 2.18. The third-order valence-corrected chi connectivity index (χ3v) is 2.18. The molecule has 1 aromatic rings. The van der Waals surface area contributed by atoms with Gasteiger partial charge in [0.2, 0.25) is 0 Å². The molecule has 0 saturated heterocycles. The molecule has 0 bridgehead atoms. The average molecular weight is 174 g/mol. The minimum Gasteiger partial charge on any atom is -0.321 e. The van der Waals surface area contributed by atoms with E-state index in [1.54, 1.807) is 0 Å². The standard InChI is InChI=1S/C10H10N2O/c11-8-6-5-7-3-1-2-4-9(7)12-10(8)13/h1-4,11H,5-6H2,(H,12,13). The first kappa shape index (κ1) is 7.98. The molecule has 1 amide bonds. The van der Waals surface area contributed by atoms with Gasteiger partial charge in [0.25, 0.3) is 5.91 Å². The Bertz CT molecular complexity index is 371. The summed E-state index contributed by atoms with van der Waals surface area (Å²) in [6.07, 6.45) is 1.30. The number of aryl methyl sites for hydroxylation is 1. The van der Waals surface area contributed by atoms with E-state index in [1.165, 1.54) is 0 Å². The smallest absolute Gasteiger partial charge is 0.269 e. The summed E-state index contributed by atoms with van der Waals surface area (Å²) in [7, 11) is 0. The lowest BCUT2D eigenvalue weighted by atomic mass is 10.1. The second-order valence-electron chi connectivity index (χ2n) is 3.09. The van der Waals surface area contributed by atoms with Crippen LogP contribution >= 0.6 is 0 Å². The highest BCUT2D eigenvalue weighted by Crippen LogP contribution is 2.19. The lowest BCUT2D eigenvalue weighted by Crippen LogP contribution is -2.19. The van der Waals surface area contributed by atoms with Crippen LogP contribution in [0.3, 0.4) is 0 Å². The van der Waals surface area contributed by atoms with Gasteiger partial charge in [-0.1, -0.05) is 18.2 Å². The van der Waals surface area contributed by atoms with Gasteiger partial charge < -0.3 is 5.32 Å². The molecule has 2 N–H and O–H groups in total. The molecule has 13 heavy (non-hydrogen) atoms. The van der Waals surface area contributed by atoms with E-state index < -0.39 is 0 Å². The van der Waals surface area contributed by atoms with Crippen LogP contribution in [0.15, 0.2) is 24.3 Å². The van der Waals surface area contributed by atoms with Crippen LogP contribution in [0.2, 0.25) is 0 Å². The zero-order valence-corrected chi connectivity index (χ0v) is 7.13. The topological polar surface area (TPSA) is 53.0 Å². The average Bonchev–Trinajstić information content (AvgIpc) is 2.28. The predicted molar refractivity (Wildman–Crippen MR) is 51.1 cm³/mol. The van der Waals surface area contributed by atoms with Crippen molar-refractivity contribution in [2.75, 3.05) is 5.32 Å². The number of fused-ring (bicyclic) bond motifs is 1. The van der Waals surface area contributed by atoms with Crippen LogP contribution in [0.4, 0.5) is 5.69 Å². The van der Waals surface area contributed by atoms with Gasteiger partial charge in [0.05, 0.1) is 5.71 Å². The summed E-state index contributed by atoms with van der Waals surface area (Å²) >= 11 is 0. The molecule has 3 heteroatoms. The SMILES string of the molecule is N=C1CCc2ccccc2NC1=O. The zero-order chi connectivity index (χ0) is 9.26. The number of amides is 1. The van der Waals surface area contributed by atoms with Gasteiger partial charge in [0.1, 0.15) is 0 Å². The van der Waals surface area contributed by atoms with Gasteiger partial charge in [0, 0.05) is 5.69 Å². The number of para-hydroxylation sites is 1. The highest BCUT2D eigenvalue weighted by Gasteiger charge is 2.16. The van der Waals surface area contributed by atoms with Crippen LogP contribution in [0.5, 0.6) is 0 Å². The monoisotopic (exact) mass is 174 g/mol. The number of rotatable bonds is 0. The molecule has 2 rings (SSSR count). The first-order valence-electron chi connectivity index (χ1n) is 4.24. The van der Waals surface area contributed by atoms with Gasteiger partial charge in [-0.15, -0.1) is 0 Å². The summed E-state index contributed by atoms with van der Waals surface area (Å²) in [6, 6.07) is 7.67. The molecule has 0 spiro atoms. The van der Waals surface area contributed by atoms with Crippen LogP contribution in [-0.2, 0) is 11.2 Å². The Morgan fingerprint density at radius 2 is 2.00 bits per heavy atom. The molecular weight excluding hydrogens is 164 g/mol. The minimum absolute atomic E-state index is 0.163. The van der Waals surface area contributed by atoms with Crippen LogP contribution in [0.25, 0.3) is 0 Å². The first-order valence-corrected chi connectivity index (χ1v) is 4.24. The van der Waals surface area contributed by atoms with E-state index in [2.05, 4.69) is 5.32 Å². The second-order valence-corrected chi connectivity index (χ2v) is 3.09. The van der Waals surface area contributed by atoms with Crippen molar-refractivity contribution in [2.45, 2.75) is 12.8 Å². The second kappa shape index (κ2) is 3.01. The van der Waals surface area contributed by atoms with Crippen molar-refractivity contribution in [3.63, 3.8) is 0 Å². The normalized spacial score (nSPS) is 16.0. The summed E-state index contributed by atoms with van der Waals surface area (Å²) in [5.74, 6) is -0.273. The van der Waals surface area contributed by atoms with E-state index in [9.17, 15) is 4.79 Å². The predicted octanol–water partition coefficient (Wildman–Crippen LogP) is 1.59. The minimum atomic E-state index is -0.273. The lowest BCUT2D eigenvalue weighted by molar-refractivity contribution is -0.110. The van der Waals surface area contributed by atoms with E-state index in [1.807, 2.05) is 24.3 Å². The van der Waals surface area contributed by atoms with E-state index >= 15 is 0 Å². The molecule has 1 aliphatic heterocycles. The molecule has 66 valence electrons. The lowest BCUT2D eigenvalue weighted by Gasteiger charge is -2.03. The van der Waals surface area contributed by atoms with Gasteiger partial charge in [-0.25, -0.2) is 0 Å². The number of carbonyl (C=O) groups excluding carboxylic acids is 1. The summed E-state index contributed by atoms with van der Waals surface area (Å²) in [6.45, 7) is 0. The van der Waals surface area contributed by atoms with E-state index in [-0.39, 0.29) is 11.6 Å². The molecule has 1 aromatic carbocycles. The van der Waals surface area contributed by atoms with Gasteiger partial charge in [-0.05, 0) is 24.5 Å². The molecule has 1 heterocycles. The largest absolute Gasteiger partial charge is 0.321 e. The highest BCUT2D eigenvalue weighted by atomic mass is 16.1. The number of hydrogen-bond acceptors (Lipinski definition) is 2. The van der Waals surface area contributed by atoms with E-state index in [0.29, 0.717) is 6.42 Å². The zero-order valence-electron chi connectivity index (χ0n) is 7.13. The third kappa shape index (κ3) is 1.45. The van der Waals surface area contributed by atoms with Gasteiger partial charge in [-0.2, -0.15) is 0 Å². The van der Waals surface area contributed by atoms with Crippen LogP contribution < -0.4 is 5.32 Å². The van der Waals surface area contributed by atoms with Crippen molar-refractivity contribution < 1.29 is 4.79 Å². The summed E-state index contributed by atoms with van der Waals surface area (Å²) < 4.78 is 0. The number of nitrogens with one attached hydrogen (secondary N) is 2. The first-order chi connectivity index (χ1) is 6.27. The number of hydrogen-bond donors (Lipinski definition) is 2. The Labute approximate surface area is 76.3 Å². The van der Waals surface area contributed by atoms with Crippen molar-refractivity contribution in [1.82, 2.24) is 0 Å². The van der Waals surface area contributed by atoms with Crippen molar-refractivity contribution in [3.8, 4) is 0 Å². The van der Waals surface area contributed by atoms with Crippen molar-refractivity contribution in [2.24, 2.45) is 0 Å². The van der Waals surface area contributed by atoms with Crippen LogP contribution in [-0.4, -0.2) is 11.6 Å². The van der Waals surface area contributed by atoms with E-state index in [4.69, 9.17) is 5.41 Å². The molecule has 0 aliphatic carbocycles. The van der Waals surface area contributed by atoms with Crippen molar-refractivity contribution in [1.29, 1.82) is 5.41 Å². The summed E-state index contributed by atoms with van der Waals surface area (Å²) in [5.41, 5.74) is 2.11. The molecule has 0 unspecified atom stereocenters. The molecule has 3 nitrogen and oxygen atoms in total. The fourth-order valence-electron chi connectivity index (χ4n) is 1.43. The van der Waals surface area contributed by atoms with Gasteiger partial charge in [-0.3, -0.25) is 10.2 Å². The molecule has 0 saturated carbocycles. The Balaban J connectivity index is 2.40. The molecule has 0 fully saturated rings. The highest BCUT2D eigenvalue weighted by molar-refractivity contribution is 6.42. The molecule has 1 aliphatic rings. The van der Waals surface area contributed by atoms with Gasteiger partial charge in [0.15, 0.2) is 0 Å². The molecule has 0 atom stereocenters. The fourth-order valence-corrected chi connectivity index (χ4v) is 1.43. The summed E-state index contributed by atoms with van der Waals surface area (Å²) in [4.78, 5) is 11.2.